The number of nitrogens with zero attached hydrogens (tertiary/aromatic N) is 1. The largest absolute Gasteiger partial charge is 0.236 e. The van der Waals surface area contributed by atoms with Crippen molar-refractivity contribution >= 4 is 20.7 Å². The number of benzene rings is 1. The fourth-order valence-corrected chi connectivity index (χ4v) is 1.77. The number of sulfone groups is 1. The number of rotatable bonds is 1. The Hall–Kier alpha value is -1.42. The molecule has 3 nitrogen and oxygen atoms in total. The molecular weight excluding hydrogens is 198 g/mol. The van der Waals surface area contributed by atoms with Crippen LogP contribution in [0.15, 0.2) is 35.4 Å². The van der Waals surface area contributed by atoms with Crippen molar-refractivity contribution in [2.24, 2.45) is 0 Å². The number of pyridine rings is 1. The van der Waals surface area contributed by atoms with Gasteiger partial charge in [0.25, 0.3) is 0 Å². The summed E-state index contributed by atoms with van der Waals surface area (Å²) in [5, 5.41) is 0.996. The van der Waals surface area contributed by atoms with E-state index in [9.17, 15) is 8.42 Å². The van der Waals surface area contributed by atoms with Crippen molar-refractivity contribution in [3.05, 3.63) is 36.4 Å². The monoisotopic (exact) mass is 206 g/mol. The van der Waals surface area contributed by atoms with Crippen LogP contribution in [-0.4, -0.2) is 19.7 Å². The molecule has 1 radical (unpaired) electrons. The Kier molecular flexibility index (Phi) is 2.00. The van der Waals surface area contributed by atoms with Gasteiger partial charge in [0.2, 0.25) is 0 Å². The molecule has 0 fully saturated rings. The van der Waals surface area contributed by atoms with E-state index in [1.807, 2.05) is 0 Å². The van der Waals surface area contributed by atoms with Gasteiger partial charge in [0, 0.05) is 11.6 Å². The van der Waals surface area contributed by atoms with Crippen LogP contribution in [0.25, 0.3) is 10.9 Å². The lowest BCUT2D eigenvalue weighted by molar-refractivity contribution is 0.599. The van der Waals surface area contributed by atoms with Gasteiger partial charge < -0.3 is 0 Å². The highest BCUT2D eigenvalue weighted by molar-refractivity contribution is 7.90. The van der Waals surface area contributed by atoms with E-state index in [-0.39, 0.29) is 5.03 Å². The molecule has 0 saturated heterocycles. The first kappa shape index (κ1) is 9.15. The molecule has 1 aromatic carbocycles. The highest BCUT2D eigenvalue weighted by atomic mass is 32.2. The van der Waals surface area contributed by atoms with Crippen LogP contribution in [0.3, 0.4) is 0 Å². The standard InChI is InChI=1S/C10H8NO2S/c1-14(12,13)10-7-6-8-4-2-3-5-9(8)11-10/h3-7H,1H3. The number of fused-ring (bicyclic) bond motifs is 1. The Morgan fingerprint density at radius 2 is 2.07 bits per heavy atom. The van der Waals surface area contributed by atoms with Crippen LogP contribution in [0.5, 0.6) is 0 Å². The van der Waals surface area contributed by atoms with Crippen LogP contribution in [0.2, 0.25) is 0 Å². The van der Waals surface area contributed by atoms with E-state index in [1.54, 1.807) is 24.3 Å². The van der Waals surface area contributed by atoms with E-state index in [2.05, 4.69) is 11.1 Å². The molecule has 0 spiro atoms. The van der Waals surface area contributed by atoms with Gasteiger partial charge in [0.05, 0.1) is 5.52 Å². The third-order valence-electron chi connectivity index (χ3n) is 1.89. The van der Waals surface area contributed by atoms with E-state index in [0.29, 0.717) is 5.52 Å². The van der Waals surface area contributed by atoms with Crippen LogP contribution in [0.4, 0.5) is 0 Å². The van der Waals surface area contributed by atoms with Crippen LogP contribution >= 0.6 is 0 Å². The Bertz CT molecular complexity index is 575. The summed E-state index contributed by atoms with van der Waals surface area (Å²) in [6.45, 7) is 0. The van der Waals surface area contributed by atoms with Gasteiger partial charge in [0.1, 0.15) is 0 Å². The zero-order valence-corrected chi connectivity index (χ0v) is 8.38. The van der Waals surface area contributed by atoms with Crippen LogP contribution in [-0.2, 0) is 9.84 Å². The third-order valence-corrected chi connectivity index (χ3v) is 2.88. The molecule has 1 heterocycles. The highest BCUT2D eigenvalue weighted by Crippen LogP contribution is 2.14. The van der Waals surface area contributed by atoms with Gasteiger partial charge in [-0.05, 0) is 30.3 Å². The molecule has 0 amide bonds. The van der Waals surface area contributed by atoms with Gasteiger partial charge in [-0.15, -0.1) is 0 Å². The minimum Gasteiger partial charge on any atom is -0.236 e. The molecule has 0 aliphatic heterocycles. The van der Waals surface area contributed by atoms with Gasteiger partial charge in [-0.1, -0.05) is 6.07 Å². The first-order valence-corrected chi connectivity index (χ1v) is 5.93. The van der Waals surface area contributed by atoms with Gasteiger partial charge in [-0.3, -0.25) is 0 Å². The lowest BCUT2D eigenvalue weighted by Crippen LogP contribution is -1.99. The molecule has 0 aliphatic rings. The first-order valence-electron chi connectivity index (χ1n) is 4.04. The smallest absolute Gasteiger partial charge is 0.192 e. The molecule has 0 N–H and O–H groups in total. The summed E-state index contributed by atoms with van der Waals surface area (Å²) in [6.07, 6.45) is 1.15. The van der Waals surface area contributed by atoms with Crippen molar-refractivity contribution in [2.45, 2.75) is 5.03 Å². The minimum atomic E-state index is -3.22. The maximum Gasteiger partial charge on any atom is 0.192 e. The highest BCUT2D eigenvalue weighted by Gasteiger charge is 2.08. The van der Waals surface area contributed by atoms with Crippen molar-refractivity contribution in [1.29, 1.82) is 0 Å². The quantitative estimate of drug-likeness (QED) is 0.709. The molecule has 0 saturated carbocycles. The summed E-state index contributed by atoms with van der Waals surface area (Å²) in [6, 6.07) is 11.4. The summed E-state index contributed by atoms with van der Waals surface area (Å²) in [5.41, 5.74) is 0.673. The lowest BCUT2D eigenvalue weighted by atomic mass is 10.2. The zero-order chi connectivity index (χ0) is 10.2. The number of aromatic nitrogens is 1. The molecule has 1 aromatic heterocycles. The summed E-state index contributed by atoms with van der Waals surface area (Å²) in [4.78, 5) is 4.04. The van der Waals surface area contributed by atoms with E-state index in [0.717, 1.165) is 11.6 Å². The molecule has 0 bridgehead atoms. The van der Waals surface area contributed by atoms with E-state index < -0.39 is 9.84 Å². The Morgan fingerprint density at radius 3 is 2.79 bits per heavy atom. The van der Waals surface area contributed by atoms with Crippen molar-refractivity contribution in [1.82, 2.24) is 4.98 Å². The molecule has 4 heteroatoms. The minimum absolute atomic E-state index is 0.108. The van der Waals surface area contributed by atoms with Crippen LogP contribution in [0, 0.1) is 6.07 Å². The Labute approximate surface area is 82.3 Å². The molecule has 0 atom stereocenters. The fraction of sp³-hybridized carbons (Fsp3) is 0.100. The number of hydrogen-bond acceptors (Lipinski definition) is 3. The van der Waals surface area contributed by atoms with Gasteiger partial charge in [-0.25, -0.2) is 13.4 Å². The molecular formula is C10H8NO2S. The van der Waals surface area contributed by atoms with E-state index >= 15 is 0 Å². The molecule has 0 unspecified atom stereocenters. The second-order valence-electron chi connectivity index (χ2n) is 3.04. The van der Waals surface area contributed by atoms with Gasteiger partial charge >= 0.3 is 0 Å². The maximum absolute atomic E-state index is 11.2. The van der Waals surface area contributed by atoms with E-state index in [4.69, 9.17) is 0 Å². The number of hydrogen-bond donors (Lipinski definition) is 0. The van der Waals surface area contributed by atoms with Crippen LogP contribution in [0.1, 0.15) is 0 Å². The average molecular weight is 206 g/mol. The SMILES string of the molecule is CS(=O)(=O)c1ccc2c[c]ccc2n1. The Balaban J connectivity index is 2.75. The molecule has 71 valence electrons. The van der Waals surface area contributed by atoms with Crippen molar-refractivity contribution in [2.75, 3.05) is 6.26 Å². The summed E-state index contributed by atoms with van der Waals surface area (Å²) < 4.78 is 22.4. The lowest BCUT2D eigenvalue weighted by Gasteiger charge is -1.99. The molecule has 2 rings (SSSR count). The van der Waals surface area contributed by atoms with Crippen molar-refractivity contribution < 1.29 is 8.42 Å². The average Bonchev–Trinajstić information content (AvgIpc) is 2.16. The van der Waals surface area contributed by atoms with Gasteiger partial charge in [0.15, 0.2) is 14.9 Å². The molecule has 2 aromatic rings. The fourth-order valence-electron chi connectivity index (χ4n) is 1.19. The van der Waals surface area contributed by atoms with Crippen molar-refractivity contribution in [3.63, 3.8) is 0 Å². The van der Waals surface area contributed by atoms with Crippen LogP contribution < -0.4 is 0 Å². The van der Waals surface area contributed by atoms with E-state index in [1.165, 1.54) is 6.07 Å². The predicted molar refractivity (Wildman–Crippen MR) is 53.7 cm³/mol. The molecule has 0 aliphatic carbocycles. The first-order chi connectivity index (χ1) is 6.57. The zero-order valence-electron chi connectivity index (χ0n) is 7.56. The summed E-state index contributed by atoms with van der Waals surface area (Å²) in [5.74, 6) is 0. The van der Waals surface area contributed by atoms with Crippen molar-refractivity contribution in [3.8, 4) is 0 Å². The topological polar surface area (TPSA) is 47.0 Å². The van der Waals surface area contributed by atoms with Gasteiger partial charge in [-0.2, -0.15) is 0 Å². The normalized spacial score (nSPS) is 11.8. The second kappa shape index (κ2) is 3.06. The summed E-state index contributed by atoms with van der Waals surface area (Å²) in [7, 11) is -3.22. The second-order valence-corrected chi connectivity index (χ2v) is 5.00. The maximum atomic E-state index is 11.2. The third kappa shape index (κ3) is 1.61. The Morgan fingerprint density at radius 1 is 1.29 bits per heavy atom. The predicted octanol–water partition coefficient (Wildman–Crippen LogP) is 1.44. The summed E-state index contributed by atoms with van der Waals surface area (Å²) >= 11 is 0. The molecule has 14 heavy (non-hydrogen) atoms.